The maximum absolute atomic E-state index is 13.2. The van der Waals surface area contributed by atoms with E-state index in [0.717, 1.165) is 6.07 Å². The van der Waals surface area contributed by atoms with E-state index in [9.17, 15) is 13.2 Å². The average molecular weight is 381 g/mol. The van der Waals surface area contributed by atoms with Crippen LogP contribution in [0, 0.1) is 13.8 Å². The summed E-state index contributed by atoms with van der Waals surface area (Å²) in [4.78, 5) is 12.7. The molecule has 2 aromatic heterocycles. The Labute approximate surface area is 153 Å². The highest BCUT2D eigenvalue weighted by Gasteiger charge is 2.33. The number of alkyl halides is 3. The zero-order chi connectivity index (χ0) is 19.1. The van der Waals surface area contributed by atoms with Gasteiger partial charge in [-0.05, 0) is 44.0 Å². The zero-order valence-corrected chi connectivity index (χ0v) is 15.1. The highest BCUT2D eigenvalue weighted by atomic mass is 35.5. The molecular formula is C18H16ClF3N4. The molecule has 1 unspecified atom stereocenters. The normalized spacial score (nSPS) is 13.0. The molecule has 0 saturated carbocycles. The van der Waals surface area contributed by atoms with Gasteiger partial charge in [-0.1, -0.05) is 23.7 Å². The van der Waals surface area contributed by atoms with Crippen LogP contribution in [0.15, 0.2) is 30.5 Å². The van der Waals surface area contributed by atoms with Gasteiger partial charge in [-0.3, -0.25) is 0 Å². The first kappa shape index (κ1) is 18.4. The van der Waals surface area contributed by atoms with Crippen molar-refractivity contribution in [2.75, 3.05) is 5.32 Å². The number of aryl methyl sites for hydroxylation is 1. The predicted octanol–water partition coefficient (Wildman–Crippen LogP) is 5.49. The van der Waals surface area contributed by atoms with Crippen LogP contribution in [0.5, 0.6) is 0 Å². The average Bonchev–Trinajstić information content (AvgIpc) is 2.54. The Morgan fingerprint density at radius 1 is 1.15 bits per heavy atom. The lowest BCUT2D eigenvalue weighted by atomic mass is 9.97. The quantitative estimate of drug-likeness (QED) is 0.611. The van der Waals surface area contributed by atoms with Crippen molar-refractivity contribution in [2.24, 2.45) is 0 Å². The number of aromatic nitrogens is 3. The largest absolute Gasteiger partial charge is 0.416 e. The van der Waals surface area contributed by atoms with Crippen LogP contribution in [0.3, 0.4) is 0 Å². The number of pyridine rings is 1. The Kier molecular flexibility index (Phi) is 4.75. The zero-order valence-electron chi connectivity index (χ0n) is 14.3. The minimum absolute atomic E-state index is 0.190. The van der Waals surface area contributed by atoms with Gasteiger partial charge in [0, 0.05) is 5.39 Å². The molecule has 0 spiro atoms. The molecule has 3 rings (SSSR count). The van der Waals surface area contributed by atoms with E-state index < -0.39 is 17.8 Å². The van der Waals surface area contributed by atoms with Gasteiger partial charge in [0.2, 0.25) is 0 Å². The number of anilines is 1. The molecular weight excluding hydrogens is 365 g/mol. The highest BCUT2D eigenvalue weighted by Crippen LogP contribution is 2.35. The molecule has 1 N–H and O–H groups in total. The fraction of sp³-hybridized carbons (Fsp3) is 0.278. The van der Waals surface area contributed by atoms with Crippen LogP contribution in [-0.2, 0) is 6.18 Å². The van der Waals surface area contributed by atoms with Crippen LogP contribution in [0.1, 0.15) is 35.5 Å². The van der Waals surface area contributed by atoms with Crippen molar-refractivity contribution in [2.45, 2.75) is 33.0 Å². The third kappa shape index (κ3) is 3.58. The third-order valence-corrected chi connectivity index (χ3v) is 4.37. The maximum atomic E-state index is 13.2. The van der Waals surface area contributed by atoms with Gasteiger partial charge in [0.25, 0.3) is 0 Å². The van der Waals surface area contributed by atoms with Gasteiger partial charge in [0.1, 0.15) is 16.8 Å². The van der Waals surface area contributed by atoms with Gasteiger partial charge < -0.3 is 5.32 Å². The second-order valence-electron chi connectivity index (χ2n) is 6.03. The lowest BCUT2D eigenvalue weighted by molar-refractivity contribution is -0.138. The molecule has 8 heteroatoms. The van der Waals surface area contributed by atoms with E-state index in [1.54, 1.807) is 26.0 Å². The molecule has 4 nitrogen and oxygen atoms in total. The van der Waals surface area contributed by atoms with E-state index in [-0.39, 0.29) is 10.7 Å². The molecule has 136 valence electrons. The molecule has 0 saturated heterocycles. The molecule has 26 heavy (non-hydrogen) atoms. The SMILES string of the molecule is Cc1nc(NC(C)c2cccc(C(F)(F)F)c2C)c2cc(Cl)ncc2n1. The first-order chi connectivity index (χ1) is 12.2. The predicted molar refractivity (Wildman–Crippen MR) is 95.3 cm³/mol. The van der Waals surface area contributed by atoms with Gasteiger partial charge in [-0.2, -0.15) is 13.2 Å². The summed E-state index contributed by atoms with van der Waals surface area (Å²) < 4.78 is 39.5. The number of fused-ring (bicyclic) bond motifs is 1. The lowest BCUT2D eigenvalue weighted by Crippen LogP contribution is -2.14. The molecule has 1 atom stereocenters. The number of nitrogens with one attached hydrogen (secondary N) is 1. The summed E-state index contributed by atoms with van der Waals surface area (Å²) in [5.74, 6) is 1.03. The Bertz CT molecular complexity index is 973. The summed E-state index contributed by atoms with van der Waals surface area (Å²) in [6, 6.07) is 5.40. The smallest absolute Gasteiger partial charge is 0.363 e. The molecule has 1 aromatic carbocycles. The fourth-order valence-corrected chi connectivity index (χ4v) is 3.10. The number of hydrogen-bond donors (Lipinski definition) is 1. The van der Waals surface area contributed by atoms with Crippen molar-refractivity contribution in [1.29, 1.82) is 0 Å². The first-order valence-electron chi connectivity index (χ1n) is 7.90. The molecule has 0 bridgehead atoms. The highest BCUT2D eigenvalue weighted by molar-refractivity contribution is 6.30. The number of hydrogen-bond acceptors (Lipinski definition) is 4. The van der Waals surface area contributed by atoms with Crippen LogP contribution >= 0.6 is 11.6 Å². The summed E-state index contributed by atoms with van der Waals surface area (Å²) in [5, 5.41) is 4.13. The molecule has 0 radical (unpaired) electrons. The standard InChI is InChI=1S/C18H16ClF3N4/c1-9-12(5-4-6-14(9)18(20,21)22)10(2)24-17-13-7-16(19)23-8-15(13)25-11(3)26-17/h4-8,10H,1-3H3,(H,24,25,26). The van der Waals surface area contributed by atoms with Crippen molar-refractivity contribution < 1.29 is 13.2 Å². The van der Waals surface area contributed by atoms with Gasteiger partial charge in [0.05, 0.1) is 23.3 Å². The van der Waals surface area contributed by atoms with Crippen LogP contribution < -0.4 is 5.32 Å². The summed E-state index contributed by atoms with van der Waals surface area (Å²) in [6.07, 6.45) is -2.85. The van der Waals surface area contributed by atoms with Gasteiger partial charge in [-0.15, -0.1) is 0 Å². The summed E-state index contributed by atoms with van der Waals surface area (Å²) in [7, 11) is 0. The van der Waals surface area contributed by atoms with Crippen molar-refractivity contribution >= 4 is 28.3 Å². The molecule has 0 aliphatic rings. The lowest BCUT2D eigenvalue weighted by Gasteiger charge is -2.21. The Balaban J connectivity index is 2.03. The summed E-state index contributed by atoms with van der Waals surface area (Å²) in [6.45, 7) is 4.99. The maximum Gasteiger partial charge on any atom is 0.416 e. The van der Waals surface area contributed by atoms with Gasteiger partial charge in [-0.25, -0.2) is 15.0 Å². The second kappa shape index (κ2) is 6.72. The summed E-state index contributed by atoms with van der Waals surface area (Å²) in [5.41, 5.74) is 0.705. The number of halogens is 4. The van der Waals surface area contributed by atoms with Crippen LogP contribution in [0.4, 0.5) is 19.0 Å². The third-order valence-electron chi connectivity index (χ3n) is 4.16. The molecule has 0 aliphatic heterocycles. The Hall–Kier alpha value is -2.41. The van der Waals surface area contributed by atoms with Crippen molar-refractivity contribution in [3.8, 4) is 0 Å². The van der Waals surface area contributed by atoms with E-state index in [0.29, 0.717) is 28.1 Å². The molecule has 2 heterocycles. The van der Waals surface area contributed by atoms with Crippen LogP contribution in [0.2, 0.25) is 5.15 Å². The summed E-state index contributed by atoms with van der Waals surface area (Å²) >= 11 is 5.96. The van der Waals surface area contributed by atoms with E-state index >= 15 is 0 Å². The molecule has 0 aliphatic carbocycles. The van der Waals surface area contributed by atoms with E-state index in [2.05, 4.69) is 20.3 Å². The molecule has 0 fully saturated rings. The van der Waals surface area contributed by atoms with Gasteiger partial charge >= 0.3 is 6.18 Å². The number of benzene rings is 1. The van der Waals surface area contributed by atoms with Crippen LogP contribution in [0.25, 0.3) is 10.9 Å². The first-order valence-corrected chi connectivity index (χ1v) is 8.27. The van der Waals surface area contributed by atoms with Crippen molar-refractivity contribution in [3.05, 3.63) is 58.1 Å². The Morgan fingerprint density at radius 2 is 1.88 bits per heavy atom. The monoisotopic (exact) mass is 380 g/mol. The van der Waals surface area contributed by atoms with Crippen molar-refractivity contribution in [1.82, 2.24) is 15.0 Å². The van der Waals surface area contributed by atoms with Crippen molar-refractivity contribution in [3.63, 3.8) is 0 Å². The minimum Gasteiger partial charge on any atom is -0.363 e. The molecule has 3 aromatic rings. The van der Waals surface area contributed by atoms with Crippen LogP contribution in [-0.4, -0.2) is 15.0 Å². The topological polar surface area (TPSA) is 50.7 Å². The molecule has 0 amide bonds. The number of nitrogens with zero attached hydrogens (tertiary/aromatic N) is 3. The second-order valence-corrected chi connectivity index (χ2v) is 6.41. The van der Waals surface area contributed by atoms with E-state index in [4.69, 9.17) is 11.6 Å². The fourth-order valence-electron chi connectivity index (χ4n) is 2.95. The van der Waals surface area contributed by atoms with E-state index in [1.165, 1.54) is 19.2 Å². The Morgan fingerprint density at radius 3 is 2.58 bits per heavy atom. The minimum atomic E-state index is -4.39. The van der Waals surface area contributed by atoms with E-state index in [1.807, 2.05) is 0 Å². The number of rotatable bonds is 3. The van der Waals surface area contributed by atoms with Gasteiger partial charge in [0.15, 0.2) is 0 Å².